The monoisotopic (exact) mass is 434 g/mol. The molecule has 3 aromatic rings. The first-order valence-electron chi connectivity index (χ1n) is 11.0. The number of aromatic nitrogens is 5. The number of ether oxygens (including phenoxy) is 1. The first kappa shape index (κ1) is 21.5. The second kappa shape index (κ2) is 9.16. The van der Waals surface area contributed by atoms with Crippen LogP contribution in [0, 0.1) is 11.3 Å². The lowest BCUT2D eigenvalue weighted by Gasteiger charge is -2.15. The Hall–Kier alpha value is -2.76. The molecule has 0 unspecified atom stereocenters. The summed E-state index contributed by atoms with van der Waals surface area (Å²) in [6.07, 6.45) is 11.8. The van der Waals surface area contributed by atoms with Gasteiger partial charge in [-0.2, -0.15) is 10.4 Å². The van der Waals surface area contributed by atoms with Gasteiger partial charge in [-0.25, -0.2) is 9.97 Å². The zero-order valence-electron chi connectivity index (χ0n) is 18.6. The molecule has 8 heteroatoms. The summed E-state index contributed by atoms with van der Waals surface area (Å²) in [5.74, 6) is 0. The van der Waals surface area contributed by atoms with Gasteiger partial charge in [0.05, 0.1) is 30.1 Å². The molecule has 31 heavy (non-hydrogen) atoms. The van der Waals surface area contributed by atoms with Crippen LogP contribution in [0.1, 0.15) is 25.7 Å². The van der Waals surface area contributed by atoms with Gasteiger partial charge in [-0.3, -0.25) is 4.68 Å². The van der Waals surface area contributed by atoms with Crippen LogP contribution in [0.2, 0.25) is 25.7 Å². The number of hydrogen-bond acceptors (Lipinski definition) is 5. The van der Waals surface area contributed by atoms with Crippen molar-refractivity contribution in [3.63, 3.8) is 0 Å². The molecular formula is C23H30N6OSi. The van der Waals surface area contributed by atoms with E-state index in [1.165, 1.54) is 18.4 Å². The summed E-state index contributed by atoms with van der Waals surface area (Å²) in [6.45, 7) is 8.84. The number of nitriles is 1. The zero-order valence-corrected chi connectivity index (χ0v) is 19.6. The minimum atomic E-state index is -1.10. The Kier molecular flexibility index (Phi) is 6.34. The Bertz CT molecular complexity index is 1120. The Morgan fingerprint density at radius 1 is 1.23 bits per heavy atom. The molecule has 1 saturated carbocycles. The average molecular weight is 435 g/mol. The average Bonchev–Trinajstić information content (AvgIpc) is 3.49. The van der Waals surface area contributed by atoms with Crippen LogP contribution >= 0.6 is 0 Å². The van der Waals surface area contributed by atoms with E-state index in [2.05, 4.69) is 40.8 Å². The van der Waals surface area contributed by atoms with E-state index in [1.54, 1.807) is 6.33 Å². The fourth-order valence-electron chi connectivity index (χ4n) is 3.94. The molecule has 0 atom stereocenters. The van der Waals surface area contributed by atoms with Gasteiger partial charge in [0.2, 0.25) is 0 Å². The van der Waals surface area contributed by atoms with Gasteiger partial charge in [0.15, 0.2) is 0 Å². The molecule has 0 spiro atoms. The van der Waals surface area contributed by atoms with E-state index >= 15 is 0 Å². The highest BCUT2D eigenvalue weighted by Crippen LogP contribution is 2.29. The van der Waals surface area contributed by atoms with E-state index in [-0.39, 0.29) is 0 Å². The quantitative estimate of drug-likeness (QED) is 0.283. The van der Waals surface area contributed by atoms with Crippen LogP contribution in [0.5, 0.6) is 0 Å². The van der Waals surface area contributed by atoms with E-state index in [1.807, 2.05) is 33.9 Å². The zero-order chi connectivity index (χ0) is 21.8. The number of hydrogen-bond donors (Lipinski definition) is 0. The van der Waals surface area contributed by atoms with Crippen LogP contribution in [-0.4, -0.2) is 39.0 Å². The highest BCUT2D eigenvalue weighted by Gasteiger charge is 2.16. The number of fused-ring (bicyclic) bond motifs is 1. The molecule has 0 N–H and O–H groups in total. The van der Waals surface area contributed by atoms with E-state index in [0.717, 1.165) is 53.4 Å². The van der Waals surface area contributed by atoms with Crippen molar-refractivity contribution in [1.29, 1.82) is 5.26 Å². The molecule has 7 nitrogen and oxygen atoms in total. The van der Waals surface area contributed by atoms with Gasteiger partial charge >= 0.3 is 0 Å². The summed E-state index contributed by atoms with van der Waals surface area (Å²) in [5.41, 5.74) is 4.77. The first-order chi connectivity index (χ1) is 14.9. The van der Waals surface area contributed by atoms with Gasteiger partial charge in [-0.15, -0.1) is 0 Å². The maximum absolute atomic E-state index is 9.57. The number of rotatable bonds is 8. The maximum atomic E-state index is 9.57. The molecular weight excluding hydrogens is 404 g/mol. The Balaban J connectivity index is 1.51. The third-order valence-electron chi connectivity index (χ3n) is 5.78. The predicted molar refractivity (Wildman–Crippen MR) is 124 cm³/mol. The lowest BCUT2D eigenvalue weighted by atomic mass is 10.1. The fraction of sp³-hybridized carbons (Fsp3) is 0.478. The number of nitrogens with zero attached hydrogens (tertiary/aromatic N) is 6. The molecule has 4 rings (SSSR count). The molecule has 3 aromatic heterocycles. The normalized spacial score (nSPS) is 14.3. The standard InChI is InChI=1S/C23H30N6OSi/c1-31(2,3)11-10-30-17-28-9-8-21-22(25-16-26-23(21)28)20-13-27-29(15-20)14-19(12-24)18-6-4-5-7-18/h8-9,13,15-16H,4-7,10-11,14,17H2,1-3H3. The van der Waals surface area contributed by atoms with Crippen molar-refractivity contribution < 1.29 is 4.74 Å². The second-order valence-electron chi connectivity index (χ2n) is 9.42. The minimum absolute atomic E-state index is 0.489. The van der Waals surface area contributed by atoms with Crippen molar-refractivity contribution in [2.24, 2.45) is 0 Å². The SMILES string of the molecule is C[Si](C)(C)CCOCn1ccc2c(-c3cnn(CC(C#N)=C4CCCC4)c3)ncnc21. The van der Waals surface area contributed by atoms with Gasteiger partial charge < -0.3 is 9.30 Å². The van der Waals surface area contributed by atoms with Crippen LogP contribution in [0.4, 0.5) is 0 Å². The molecule has 0 aliphatic heterocycles. The molecule has 0 radical (unpaired) electrons. The third kappa shape index (κ3) is 5.11. The molecule has 1 fully saturated rings. The Morgan fingerprint density at radius 2 is 2.03 bits per heavy atom. The largest absolute Gasteiger partial charge is 0.361 e. The molecule has 0 saturated heterocycles. The van der Waals surface area contributed by atoms with Crippen molar-refractivity contribution >= 4 is 19.1 Å². The van der Waals surface area contributed by atoms with E-state index in [4.69, 9.17) is 4.74 Å². The predicted octanol–water partition coefficient (Wildman–Crippen LogP) is 5.00. The Morgan fingerprint density at radius 3 is 2.77 bits per heavy atom. The van der Waals surface area contributed by atoms with Crippen molar-refractivity contribution in [3.8, 4) is 17.3 Å². The third-order valence-corrected chi connectivity index (χ3v) is 7.48. The fourth-order valence-corrected chi connectivity index (χ4v) is 4.70. The van der Waals surface area contributed by atoms with Crippen molar-refractivity contribution in [1.82, 2.24) is 24.3 Å². The number of allylic oxidation sites excluding steroid dienone is 2. The smallest absolute Gasteiger partial charge is 0.145 e. The molecule has 1 aliphatic rings. The molecule has 1 aliphatic carbocycles. The van der Waals surface area contributed by atoms with Crippen molar-refractivity contribution in [2.45, 2.75) is 64.6 Å². The van der Waals surface area contributed by atoms with Crippen LogP contribution in [0.3, 0.4) is 0 Å². The van der Waals surface area contributed by atoms with Crippen LogP contribution < -0.4 is 0 Å². The van der Waals surface area contributed by atoms with E-state index in [9.17, 15) is 5.26 Å². The van der Waals surface area contributed by atoms with Gasteiger partial charge in [-0.05, 0) is 37.8 Å². The summed E-state index contributed by atoms with van der Waals surface area (Å²) in [5, 5.41) is 15.0. The topological polar surface area (TPSA) is 81.5 Å². The van der Waals surface area contributed by atoms with Crippen molar-refractivity contribution in [3.05, 3.63) is 42.1 Å². The van der Waals surface area contributed by atoms with E-state index < -0.39 is 8.07 Å². The van der Waals surface area contributed by atoms with Crippen LogP contribution in [0.25, 0.3) is 22.3 Å². The summed E-state index contributed by atoms with van der Waals surface area (Å²) in [6, 6.07) is 5.56. The van der Waals surface area contributed by atoms with Crippen molar-refractivity contribution in [2.75, 3.05) is 6.61 Å². The van der Waals surface area contributed by atoms with Gasteiger partial charge in [0, 0.05) is 38.0 Å². The Labute approximate surface area is 184 Å². The summed E-state index contributed by atoms with van der Waals surface area (Å²) in [4.78, 5) is 9.00. The summed E-state index contributed by atoms with van der Waals surface area (Å²) < 4.78 is 9.76. The lowest BCUT2D eigenvalue weighted by Crippen LogP contribution is -2.22. The molecule has 3 heterocycles. The maximum Gasteiger partial charge on any atom is 0.145 e. The lowest BCUT2D eigenvalue weighted by molar-refractivity contribution is 0.0899. The molecule has 0 bridgehead atoms. The summed E-state index contributed by atoms with van der Waals surface area (Å²) >= 11 is 0. The highest BCUT2D eigenvalue weighted by atomic mass is 28.3. The highest BCUT2D eigenvalue weighted by molar-refractivity contribution is 6.76. The van der Waals surface area contributed by atoms with Gasteiger partial charge in [0.1, 0.15) is 18.7 Å². The minimum Gasteiger partial charge on any atom is -0.361 e. The molecule has 162 valence electrons. The summed E-state index contributed by atoms with van der Waals surface area (Å²) in [7, 11) is -1.10. The molecule has 0 aromatic carbocycles. The van der Waals surface area contributed by atoms with Gasteiger partial charge in [0.25, 0.3) is 0 Å². The van der Waals surface area contributed by atoms with Crippen LogP contribution in [-0.2, 0) is 18.0 Å². The first-order valence-corrected chi connectivity index (χ1v) is 14.7. The second-order valence-corrected chi connectivity index (χ2v) is 15.0. The van der Waals surface area contributed by atoms with Gasteiger partial charge in [-0.1, -0.05) is 25.2 Å². The van der Waals surface area contributed by atoms with Crippen LogP contribution in [0.15, 0.2) is 42.1 Å². The molecule has 0 amide bonds. The van der Waals surface area contributed by atoms with E-state index in [0.29, 0.717) is 13.3 Å².